The van der Waals surface area contributed by atoms with Gasteiger partial charge in [0.2, 0.25) is 0 Å². The van der Waals surface area contributed by atoms with Crippen molar-refractivity contribution in [1.82, 2.24) is 20.1 Å². The summed E-state index contributed by atoms with van der Waals surface area (Å²) in [7, 11) is 0. The van der Waals surface area contributed by atoms with Crippen LogP contribution in [-0.4, -0.2) is 27.4 Å². The zero-order chi connectivity index (χ0) is 13.8. The van der Waals surface area contributed by atoms with Crippen LogP contribution in [0, 0.1) is 11.8 Å². The summed E-state index contributed by atoms with van der Waals surface area (Å²) < 4.78 is 2.07. The van der Waals surface area contributed by atoms with Crippen molar-refractivity contribution in [2.24, 2.45) is 11.8 Å². The van der Waals surface area contributed by atoms with Crippen molar-refractivity contribution in [2.75, 3.05) is 6.54 Å². The van der Waals surface area contributed by atoms with Gasteiger partial charge in [-0.2, -0.15) is 5.10 Å². The average molecular weight is 264 g/mol. The molecule has 1 saturated carbocycles. The standard InChI is InChI=1S/C15H28N4/c1-5-16-14-7-6-12(4)8-13(14)9-15-17-10-18-19(15)11(2)3/h10-14,16H,5-9H2,1-4H3. The quantitative estimate of drug-likeness (QED) is 0.889. The Labute approximate surface area is 117 Å². The molecule has 1 N–H and O–H groups in total. The van der Waals surface area contributed by atoms with Gasteiger partial charge < -0.3 is 5.32 Å². The lowest BCUT2D eigenvalue weighted by Gasteiger charge is -2.35. The van der Waals surface area contributed by atoms with Crippen molar-refractivity contribution < 1.29 is 0 Å². The predicted octanol–water partition coefficient (Wildman–Crippen LogP) is 2.82. The molecule has 2 rings (SSSR count). The minimum atomic E-state index is 0.399. The fraction of sp³-hybridized carbons (Fsp3) is 0.867. The van der Waals surface area contributed by atoms with Crippen molar-refractivity contribution in [2.45, 2.75) is 65.5 Å². The van der Waals surface area contributed by atoms with E-state index in [-0.39, 0.29) is 0 Å². The smallest absolute Gasteiger partial charge is 0.138 e. The van der Waals surface area contributed by atoms with Gasteiger partial charge in [-0.05, 0) is 51.5 Å². The van der Waals surface area contributed by atoms with Crippen LogP contribution < -0.4 is 5.32 Å². The molecular weight excluding hydrogens is 236 g/mol. The van der Waals surface area contributed by atoms with Crippen LogP contribution in [0.15, 0.2) is 6.33 Å². The molecule has 0 aromatic carbocycles. The molecule has 0 amide bonds. The van der Waals surface area contributed by atoms with Crippen LogP contribution in [0.5, 0.6) is 0 Å². The maximum atomic E-state index is 4.48. The van der Waals surface area contributed by atoms with Gasteiger partial charge in [0, 0.05) is 18.5 Å². The van der Waals surface area contributed by atoms with E-state index in [0.29, 0.717) is 18.0 Å². The van der Waals surface area contributed by atoms with Crippen LogP contribution >= 0.6 is 0 Å². The molecule has 1 fully saturated rings. The Bertz CT molecular complexity index is 385. The molecule has 0 radical (unpaired) electrons. The molecule has 19 heavy (non-hydrogen) atoms. The van der Waals surface area contributed by atoms with Crippen LogP contribution in [0.3, 0.4) is 0 Å². The molecule has 4 heteroatoms. The molecule has 108 valence electrons. The second-order valence-corrected chi connectivity index (χ2v) is 6.26. The van der Waals surface area contributed by atoms with E-state index in [9.17, 15) is 0 Å². The number of nitrogens with one attached hydrogen (secondary N) is 1. The van der Waals surface area contributed by atoms with Gasteiger partial charge in [0.05, 0.1) is 0 Å². The van der Waals surface area contributed by atoms with Gasteiger partial charge in [-0.15, -0.1) is 0 Å². The van der Waals surface area contributed by atoms with Crippen molar-refractivity contribution in [3.8, 4) is 0 Å². The fourth-order valence-electron chi connectivity index (χ4n) is 3.34. The Balaban J connectivity index is 2.07. The van der Waals surface area contributed by atoms with Gasteiger partial charge >= 0.3 is 0 Å². The molecule has 3 unspecified atom stereocenters. The Morgan fingerprint density at radius 2 is 2.21 bits per heavy atom. The zero-order valence-electron chi connectivity index (χ0n) is 12.8. The summed E-state index contributed by atoms with van der Waals surface area (Å²) in [4.78, 5) is 4.48. The van der Waals surface area contributed by atoms with Gasteiger partial charge in [0.1, 0.15) is 12.2 Å². The molecule has 0 saturated heterocycles. The molecule has 0 bridgehead atoms. The molecule has 1 aromatic rings. The minimum absolute atomic E-state index is 0.399. The maximum Gasteiger partial charge on any atom is 0.138 e. The molecule has 0 aliphatic heterocycles. The lowest BCUT2D eigenvalue weighted by atomic mass is 9.77. The summed E-state index contributed by atoms with van der Waals surface area (Å²) in [6.07, 6.45) is 6.72. The predicted molar refractivity (Wildman–Crippen MR) is 78.1 cm³/mol. The highest BCUT2D eigenvalue weighted by Gasteiger charge is 2.29. The average Bonchev–Trinajstić information content (AvgIpc) is 2.81. The normalized spacial score (nSPS) is 27.9. The molecule has 1 aromatic heterocycles. The molecule has 1 heterocycles. The van der Waals surface area contributed by atoms with Crippen molar-refractivity contribution in [1.29, 1.82) is 0 Å². The first-order valence-electron chi connectivity index (χ1n) is 7.73. The van der Waals surface area contributed by atoms with Crippen molar-refractivity contribution in [3.05, 3.63) is 12.2 Å². The van der Waals surface area contributed by atoms with Gasteiger partial charge in [0.25, 0.3) is 0 Å². The number of rotatable bonds is 5. The first-order valence-corrected chi connectivity index (χ1v) is 7.73. The van der Waals surface area contributed by atoms with Crippen LogP contribution in [-0.2, 0) is 6.42 Å². The molecule has 3 atom stereocenters. The summed E-state index contributed by atoms with van der Waals surface area (Å²) in [6, 6.07) is 1.05. The Morgan fingerprint density at radius 3 is 2.89 bits per heavy atom. The van der Waals surface area contributed by atoms with Crippen LogP contribution in [0.25, 0.3) is 0 Å². The molecule has 4 nitrogen and oxygen atoms in total. The van der Waals surface area contributed by atoms with Crippen molar-refractivity contribution >= 4 is 0 Å². The van der Waals surface area contributed by atoms with E-state index in [2.05, 4.69) is 47.8 Å². The van der Waals surface area contributed by atoms with E-state index >= 15 is 0 Å². The molecule has 1 aliphatic rings. The van der Waals surface area contributed by atoms with Gasteiger partial charge in [-0.3, -0.25) is 0 Å². The number of hydrogen-bond acceptors (Lipinski definition) is 3. The highest BCUT2D eigenvalue weighted by molar-refractivity contribution is 4.94. The SMILES string of the molecule is CCNC1CCC(C)CC1Cc1ncnn1C(C)C. The summed E-state index contributed by atoms with van der Waals surface area (Å²) in [5.41, 5.74) is 0. The topological polar surface area (TPSA) is 42.7 Å². The van der Waals surface area contributed by atoms with E-state index in [0.717, 1.165) is 24.7 Å². The summed E-state index contributed by atoms with van der Waals surface area (Å²) in [5.74, 6) is 2.69. The second-order valence-electron chi connectivity index (χ2n) is 6.26. The molecule has 1 aliphatic carbocycles. The number of nitrogens with zero attached hydrogens (tertiary/aromatic N) is 3. The van der Waals surface area contributed by atoms with Gasteiger partial charge in [0.15, 0.2) is 0 Å². The number of hydrogen-bond donors (Lipinski definition) is 1. The third kappa shape index (κ3) is 3.56. The zero-order valence-corrected chi connectivity index (χ0v) is 12.8. The van der Waals surface area contributed by atoms with E-state index in [4.69, 9.17) is 0 Å². The summed E-state index contributed by atoms with van der Waals surface area (Å²) >= 11 is 0. The summed E-state index contributed by atoms with van der Waals surface area (Å²) in [5, 5.41) is 8.02. The fourth-order valence-corrected chi connectivity index (χ4v) is 3.34. The second kappa shape index (κ2) is 6.51. The first-order chi connectivity index (χ1) is 9.11. The molecular formula is C15H28N4. The lowest BCUT2D eigenvalue weighted by Crippen LogP contribution is -2.41. The van der Waals surface area contributed by atoms with Crippen LogP contribution in [0.2, 0.25) is 0 Å². The largest absolute Gasteiger partial charge is 0.314 e. The van der Waals surface area contributed by atoms with E-state index in [1.807, 2.05) is 0 Å². The van der Waals surface area contributed by atoms with Crippen LogP contribution in [0.4, 0.5) is 0 Å². The Hall–Kier alpha value is -0.900. The summed E-state index contributed by atoms with van der Waals surface area (Å²) in [6.45, 7) is 9.98. The van der Waals surface area contributed by atoms with Crippen LogP contribution in [0.1, 0.15) is 58.8 Å². The van der Waals surface area contributed by atoms with E-state index in [1.54, 1.807) is 6.33 Å². The van der Waals surface area contributed by atoms with E-state index < -0.39 is 0 Å². The Morgan fingerprint density at radius 1 is 1.42 bits per heavy atom. The van der Waals surface area contributed by atoms with E-state index in [1.165, 1.54) is 19.3 Å². The monoisotopic (exact) mass is 264 g/mol. The van der Waals surface area contributed by atoms with Gasteiger partial charge in [-0.25, -0.2) is 9.67 Å². The Kier molecular flexibility index (Phi) is 4.97. The highest BCUT2D eigenvalue weighted by Crippen LogP contribution is 2.31. The molecule has 0 spiro atoms. The minimum Gasteiger partial charge on any atom is -0.314 e. The third-order valence-corrected chi connectivity index (χ3v) is 4.29. The lowest BCUT2D eigenvalue weighted by molar-refractivity contribution is 0.209. The third-order valence-electron chi connectivity index (χ3n) is 4.29. The highest BCUT2D eigenvalue weighted by atomic mass is 15.3. The van der Waals surface area contributed by atoms with Gasteiger partial charge in [-0.1, -0.05) is 13.8 Å². The first kappa shape index (κ1) is 14.5. The van der Waals surface area contributed by atoms with Crippen molar-refractivity contribution in [3.63, 3.8) is 0 Å². The maximum absolute atomic E-state index is 4.48. The number of aromatic nitrogens is 3.